The van der Waals surface area contributed by atoms with Gasteiger partial charge in [0, 0.05) is 30.8 Å². The molecule has 2 unspecified atom stereocenters. The van der Waals surface area contributed by atoms with Gasteiger partial charge in [0.1, 0.15) is 5.82 Å². The summed E-state index contributed by atoms with van der Waals surface area (Å²) < 4.78 is 83.9. The van der Waals surface area contributed by atoms with Gasteiger partial charge in [-0.1, -0.05) is 13.0 Å². The molecule has 0 bridgehead atoms. The van der Waals surface area contributed by atoms with Crippen LogP contribution in [-0.2, 0) is 33.2 Å². The second-order valence-corrected chi connectivity index (χ2v) is 9.23. The lowest BCUT2D eigenvalue weighted by Gasteiger charge is -2.39. The van der Waals surface area contributed by atoms with E-state index in [0.29, 0.717) is 42.8 Å². The molecule has 0 radical (unpaired) electrons. The Morgan fingerprint density at radius 3 is 2.13 bits per heavy atom. The number of fused-ring (bicyclic) bond motifs is 1. The zero-order valence-electron chi connectivity index (χ0n) is 21.7. The van der Waals surface area contributed by atoms with E-state index in [0.717, 1.165) is 5.69 Å². The van der Waals surface area contributed by atoms with Crippen LogP contribution in [0.25, 0.3) is 0 Å². The number of carbonyl (C=O) groups is 2. The molecule has 210 valence electrons. The molecule has 6 nitrogen and oxygen atoms in total. The normalized spacial score (nSPS) is 17.1. The van der Waals surface area contributed by atoms with E-state index in [4.69, 9.17) is 0 Å². The van der Waals surface area contributed by atoms with Gasteiger partial charge in [0.05, 0.1) is 23.3 Å². The molecule has 12 heteroatoms. The Kier molecular flexibility index (Phi) is 10.2. The first kappa shape index (κ1) is 30.9. The summed E-state index contributed by atoms with van der Waals surface area (Å²) in [4.78, 5) is 27.7. The van der Waals surface area contributed by atoms with Gasteiger partial charge in [0.15, 0.2) is 0 Å². The van der Waals surface area contributed by atoms with Gasteiger partial charge in [-0.05, 0) is 63.4 Å². The third-order valence-corrected chi connectivity index (χ3v) is 5.87. The molecule has 1 aromatic heterocycles. The molecule has 1 amide bonds. The molecule has 1 aliphatic rings. The highest BCUT2D eigenvalue weighted by Crippen LogP contribution is 2.40. The lowest BCUT2D eigenvalue weighted by molar-refractivity contribution is -0.143. The van der Waals surface area contributed by atoms with Crippen LogP contribution in [0.2, 0.25) is 0 Å². The number of alkyl halides is 6. The summed E-state index contributed by atoms with van der Waals surface area (Å²) in [6.45, 7) is 8.65. The molecule has 0 saturated carbocycles. The molecule has 0 saturated heterocycles. The van der Waals surface area contributed by atoms with E-state index in [1.807, 2.05) is 6.92 Å². The van der Waals surface area contributed by atoms with Gasteiger partial charge >= 0.3 is 12.4 Å². The number of hydrogen-bond donors (Lipinski definition) is 1. The van der Waals surface area contributed by atoms with Gasteiger partial charge < -0.3 is 15.0 Å². The Balaban J connectivity index is 0.000000757. The van der Waals surface area contributed by atoms with E-state index >= 15 is 0 Å². The minimum Gasteiger partial charge on any atom is -0.465 e. The fourth-order valence-electron chi connectivity index (χ4n) is 4.02. The van der Waals surface area contributed by atoms with Crippen LogP contribution in [0, 0.1) is 6.92 Å². The van der Waals surface area contributed by atoms with Crippen molar-refractivity contribution in [3.05, 3.63) is 58.3 Å². The van der Waals surface area contributed by atoms with E-state index in [1.54, 1.807) is 32.9 Å². The molecule has 0 spiro atoms. The number of hydrogen-bond acceptors (Lipinski definition) is 5. The van der Waals surface area contributed by atoms with E-state index in [9.17, 15) is 35.9 Å². The molecular formula is C26H31F6N3O3. The highest BCUT2D eigenvalue weighted by molar-refractivity contribution is 5.74. The summed E-state index contributed by atoms with van der Waals surface area (Å²) in [5.74, 6) is 0.114. The maximum Gasteiger partial charge on any atom is 0.416 e. The Labute approximate surface area is 217 Å². The second-order valence-electron chi connectivity index (χ2n) is 9.23. The van der Waals surface area contributed by atoms with Crippen LogP contribution >= 0.6 is 0 Å². The highest BCUT2D eigenvalue weighted by atomic mass is 19.4. The third-order valence-electron chi connectivity index (χ3n) is 5.87. The molecule has 1 aromatic carbocycles. The Morgan fingerprint density at radius 1 is 1.13 bits per heavy atom. The highest BCUT2D eigenvalue weighted by Gasteiger charge is 2.38. The minimum atomic E-state index is -4.95. The summed E-state index contributed by atoms with van der Waals surface area (Å²) in [7, 11) is 0. The molecule has 2 atom stereocenters. The van der Waals surface area contributed by atoms with E-state index < -0.39 is 42.0 Å². The lowest BCUT2D eigenvalue weighted by Crippen LogP contribution is -2.40. The number of rotatable bonds is 6. The Hall–Kier alpha value is -3.31. The molecule has 0 fully saturated rings. The van der Waals surface area contributed by atoms with Crippen LogP contribution < -0.4 is 5.32 Å². The summed E-state index contributed by atoms with van der Waals surface area (Å²) in [5, 5.41) is 3.29. The average Bonchev–Trinajstić information content (AvgIpc) is 2.80. The van der Waals surface area contributed by atoms with Crippen molar-refractivity contribution < 1.29 is 40.7 Å². The zero-order valence-corrected chi connectivity index (χ0v) is 21.7. The number of nitrogens with zero attached hydrogens (tertiary/aromatic N) is 2. The fraction of sp³-hybridized carbons (Fsp3) is 0.500. The number of pyridine rings is 1. The quantitative estimate of drug-likeness (QED) is 0.323. The predicted molar refractivity (Wildman–Crippen MR) is 129 cm³/mol. The number of halogens is 6. The van der Waals surface area contributed by atoms with Crippen molar-refractivity contribution in [1.82, 2.24) is 9.88 Å². The number of nitrogens with one attached hydrogen (secondary N) is 1. The maximum absolute atomic E-state index is 13.3. The number of carbonyl (C=O) groups excluding carboxylic acids is 2. The summed E-state index contributed by atoms with van der Waals surface area (Å²) in [5.41, 5.74) is -1.62. The lowest BCUT2D eigenvalue weighted by atomic mass is 9.91. The van der Waals surface area contributed by atoms with Gasteiger partial charge in [0.25, 0.3) is 6.47 Å². The molecular weight excluding hydrogens is 516 g/mol. The van der Waals surface area contributed by atoms with Crippen molar-refractivity contribution >= 4 is 18.2 Å². The maximum atomic E-state index is 13.3. The van der Waals surface area contributed by atoms with Crippen LogP contribution in [0.1, 0.15) is 74.5 Å². The summed E-state index contributed by atoms with van der Waals surface area (Å²) in [6, 6.07) is 4.37. The Morgan fingerprint density at radius 2 is 1.71 bits per heavy atom. The van der Waals surface area contributed by atoms with Crippen LogP contribution in [0.5, 0.6) is 0 Å². The standard InChI is InChI=1S/C22H23F6N3O.C4H8O2/c1-4-17-10-19(18-6-5-12(2)29-20(18)30-17)31(13(3)32)11-14-7-15(21(23,24)25)9-16(8-14)22(26,27)28;1-4(2)6-3-5/h5-9,17,19H,4,10-11H2,1-3H3,(H,29,30);3-4H,1-2H3. The number of amides is 1. The van der Waals surface area contributed by atoms with E-state index in [1.165, 1.54) is 11.8 Å². The molecule has 3 rings (SSSR count). The second kappa shape index (κ2) is 12.5. The first-order valence-corrected chi connectivity index (χ1v) is 12.0. The smallest absolute Gasteiger partial charge is 0.416 e. The molecule has 0 aliphatic carbocycles. The minimum absolute atomic E-state index is 0.0301. The van der Waals surface area contributed by atoms with Crippen LogP contribution in [0.4, 0.5) is 32.2 Å². The van der Waals surface area contributed by atoms with Crippen molar-refractivity contribution in [3.8, 4) is 0 Å². The first-order chi connectivity index (χ1) is 17.6. The molecule has 1 N–H and O–H groups in total. The van der Waals surface area contributed by atoms with E-state index in [2.05, 4.69) is 15.0 Å². The van der Waals surface area contributed by atoms with Crippen molar-refractivity contribution in [1.29, 1.82) is 0 Å². The van der Waals surface area contributed by atoms with Crippen LogP contribution in [-0.4, -0.2) is 34.4 Å². The van der Waals surface area contributed by atoms with Gasteiger partial charge in [-0.3, -0.25) is 9.59 Å². The fourth-order valence-corrected chi connectivity index (χ4v) is 4.02. The molecule has 2 aromatic rings. The van der Waals surface area contributed by atoms with Gasteiger partial charge in [0.2, 0.25) is 5.91 Å². The van der Waals surface area contributed by atoms with E-state index in [-0.39, 0.29) is 23.8 Å². The monoisotopic (exact) mass is 547 g/mol. The number of aryl methyl sites for hydroxylation is 1. The molecule has 38 heavy (non-hydrogen) atoms. The van der Waals surface area contributed by atoms with Crippen molar-refractivity contribution in [2.24, 2.45) is 0 Å². The van der Waals surface area contributed by atoms with Crippen molar-refractivity contribution in [3.63, 3.8) is 0 Å². The van der Waals surface area contributed by atoms with Gasteiger partial charge in [-0.15, -0.1) is 0 Å². The zero-order chi connectivity index (χ0) is 28.8. The largest absolute Gasteiger partial charge is 0.465 e. The number of anilines is 1. The van der Waals surface area contributed by atoms with Crippen molar-refractivity contribution in [2.75, 3.05) is 5.32 Å². The number of benzene rings is 1. The van der Waals surface area contributed by atoms with Gasteiger partial charge in [-0.25, -0.2) is 4.98 Å². The Bertz CT molecular complexity index is 1090. The average molecular weight is 548 g/mol. The molecule has 2 heterocycles. The molecule has 1 aliphatic heterocycles. The SMILES string of the molecule is CC(C)OC=O.CCC1CC(N(Cc2cc(C(F)(F)F)cc(C(F)(F)F)c2)C(C)=O)c2ccc(C)nc2N1. The summed E-state index contributed by atoms with van der Waals surface area (Å²) >= 11 is 0. The first-order valence-electron chi connectivity index (χ1n) is 12.0. The number of ether oxygens (including phenoxy) is 1. The van der Waals surface area contributed by atoms with Gasteiger partial charge in [-0.2, -0.15) is 26.3 Å². The summed E-state index contributed by atoms with van der Waals surface area (Å²) in [6.07, 6.45) is -8.71. The number of aromatic nitrogens is 1. The van der Waals surface area contributed by atoms with Crippen LogP contribution in [0.15, 0.2) is 30.3 Å². The topological polar surface area (TPSA) is 71.5 Å². The predicted octanol–water partition coefficient (Wildman–Crippen LogP) is 6.68. The van der Waals surface area contributed by atoms with Crippen LogP contribution in [0.3, 0.4) is 0 Å². The van der Waals surface area contributed by atoms with Crippen molar-refractivity contribution in [2.45, 2.75) is 84.5 Å². The third kappa shape index (κ3) is 8.35.